The Kier molecular flexibility index (Phi) is 4.17. The molecule has 1 heterocycles. The molecule has 1 aromatic carbocycles. The fourth-order valence-electron chi connectivity index (χ4n) is 1.56. The summed E-state index contributed by atoms with van der Waals surface area (Å²) in [6.45, 7) is 1.60. The van der Waals surface area contributed by atoms with Crippen LogP contribution in [0.2, 0.25) is 0 Å². The molecule has 2 aromatic rings. The summed E-state index contributed by atoms with van der Waals surface area (Å²) >= 11 is 0. The van der Waals surface area contributed by atoms with Crippen molar-refractivity contribution in [2.75, 3.05) is 5.75 Å². The maximum atomic E-state index is 12.8. The lowest BCUT2D eigenvalue weighted by molar-refractivity contribution is -0.141. The van der Waals surface area contributed by atoms with Crippen LogP contribution in [0.4, 0.5) is 13.2 Å². The minimum absolute atomic E-state index is 0.115. The summed E-state index contributed by atoms with van der Waals surface area (Å²) in [6, 6.07) is 9.29. The zero-order valence-electron chi connectivity index (χ0n) is 10.5. The lowest BCUT2D eigenvalue weighted by atomic mass is 10.1. The first kappa shape index (κ1) is 14.6. The van der Waals surface area contributed by atoms with Crippen LogP contribution in [-0.2, 0) is 17.0 Å². The van der Waals surface area contributed by atoms with Crippen molar-refractivity contribution in [2.24, 2.45) is 0 Å². The maximum Gasteiger partial charge on any atom is 0.433 e. The van der Waals surface area contributed by atoms with E-state index in [4.69, 9.17) is 0 Å². The van der Waals surface area contributed by atoms with Gasteiger partial charge in [0.05, 0.1) is 16.5 Å². The number of rotatable bonds is 3. The van der Waals surface area contributed by atoms with Gasteiger partial charge in [-0.05, 0) is 6.07 Å². The Labute approximate surface area is 116 Å². The molecule has 0 N–H and O–H groups in total. The summed E-state index contributed by atoms with van der Waals surface area (Å²) in [5, 5.41) is -0.291. The van der Waals surface area contributed by atoms with E-state index in [1.54, 1.807) is 37.3 Å². The number of hydrogen-bond donors (Lipinski definition) is 0. The minimum atomic E-state index is -4.60. The van der Waals surface area contributed by atoms with Crippen molar-refractivity contribution in [3.05, 3.63) is 42.1 Å². The predicted octanol–water partition coefficient (Wildman–Crippen LogP) is 3.29. The molecule has 0 saturated heterocycles. The molecule has 106 valence electrons. The third kappa shape index (κ3) is 3.22. The van der Waals surface area contributed by atoms with E-state index in [0.717, 1.165) is 6.07 Å². The third-order valence-corrected chi connectivity index (χ3v) is 3.65. The maximum absolute atomic E-state index is 12.8. The molecule has 0 radical (unpaired) electrons. The Balaban J connectivity index is 2.60. The van der Waals surface area contributed by atoms with E-state index in [-0.39, 0.29) is 16.6 Å². The van der Waals surface area contributed by atoms with E-state index in [0.29, 0.717) is 5.56 Å². The standard InChI is InChI=1S/C13H11F3N2OS/c1-2-20(19)12-17-10(9-6-4-3-5-7-9)8-11(18-12)13(14,15)16/h3-8H,2H2,1H3. The molecule has 2 rings (SSSR count). The average molecular weight is 300 g/mol. The van der Waals surface area contributed by atoms with Crippen LogP contribution < -0.4 is 0 Å². The summed E-state index contributed by atoms with van der Waals surface area (Å²) in [7, 11) is -1.64. The number of hydrogen-bond acceptors (Lipinski definition) is 3. The second-order valence-electron chi connectivity index (χ2n) is 3.92. The molecule has 0 aliphatic rings. The smallest absolute Gasteiger partial charge is 0.251 e. The monoisotopic (exact) mass is 300 g/mol. The van der Waals surface area contributed by atoms with Gasteiger partial charge in [0.25, 0.3) is 0 Å². The normalized spacial score (nSPS) is 13.2. The quantitative estimate of drug-likeness (QED) is 0.817. The summed E-state index contributed by atoms with van der Waals surface area (Å²) in [6.07, 6.45) is -4.60. The van der Waals surface area contributed by atoms with Crippen molar-refractivity contribution < 1.29 is 17.4 Å². The molecule has 20 heavy (non-hydrogen) atoms. The average Bonchev–Trinajstić information content (AvgIpc) is 2.46. The number of benzene rings is 1. The van der Waals surface area contributed by atoms with Crippen LogP contribution in [0.15, 0.2) is 41.6 Å². The zero-order valence-corrected chi connectivity index (χ0v) is 11.3. The molecular weight excluding hydrogens is 289 g/mol. The molecule has 1 aromatic heterocycles. The summed E-state index contributed by atoms with van der Waals surface area (Å²) in [5.74, 6) is 0.162. The van der Waals surface area contributed by atoms with Gasteiger partial charge in [-0.3, -0.25) is 4.21 Å². The summed E-state index contributed by atoms with van der Waals surface area (Å²) < 4.78 is 50.2. The Morgan fingerprint density at radius 3 is 2.35 bits per heavy atom. The first-order valence-electron chi connectivity index (χ1n) is 5.82. The molecule has 0 aliphatic carbocycles. The fourth-order valence-corrected chi connectivity index (χ4v) is 2.22. The molecule has 0 aliphatic heterocycles. The predicted molar refractivity (Wildman–Crippen MR) is 69.4 cm³/mol. The first-order valence-corrected chi connectivity index (χ1v) is 7.13. The lowest BCUT2D eigenvalue weighted by Gasteiger charge is -2.10. The highest BCUT2D eigenvalue weighted by molar-refractivity contribution is 7.84. The van der Waals surface area contributed by atoms with Crippen LogP contribution in [0.5, 0.6) is 0 Å². The van der Waals surface area contributed by atoms with E-state index < -0.39 is 22.7 Å². The first-order chi connectivity index (χ1) is 9.41. The molecule has 0 amide bonds. The Hall–Kier alpha value is -1.76. The molecule has 7 heteroatoms. The van der Waals surface area contributed by atoms with Crippen molar-refractivity contribution in [1.82, 2.24) is 9.97 Å². The Bertz CT molecular complexity index is 629. The van der Waals surface area contributed by atoms with Crippen LogP contribution in [-0.4, -0.2) is 19.9 Å². The van der Waals surface area contributed by atoms with Gasteiger partial charge in [0.2, 0.25) is 5.16 Å². The fraction of sp³-hybridized carbons (Fsp3) is 0.231. The molecule has 3 nitrogen and oxygen atoms in total. The van der Waals surface area contributed by atoms with Gasteiger partial charge in [-0.15, -0.1) is 0 Å². The van der Waals surface area contributed by atoms with Crippen LogP contribution in [0, 0.1) is 0 Å². The van der Waals surface area contributed by atoms with Crippen LogP contribution in [0.25, 0.3) is 11.3 Å². The van der Waals surface area contributed by atoms with Gasteiger partial charge in [-0.2, -0.15) is 13.2 Å². The van der Waals surface area contributed by atoms with Crippen molar-refractivity contribution in [3.63, 3.8) is 0 Å². The van der Waals surface area contributed by atoms with Crippen molar-refractivity contribution in [3.8, 4) is 11.3 Å². The largest absolute Gasteiger partial charge is 0.433 e. The van der Waals surface area contributed by atoms with Crippen molar-refractivity contribution in [1.29, 1.82) is 0 Å². The van der Waals surface area contributed by atoms with E-state index in [1.165, 1.54) is 0 Å². The summed E-state index contributed by atoms with van der Waals surface area (Å²) in [5.41, 5.74) is -0.442. The molecule has 1 unspecified atom stereocenters. The SMILES string of the molecule is CCS(=O)c1nc(-c2ccccc2)cc(C(F)(F)F)n1. The van der Waals surface area contributed by atoms with Gasteiger partial charge in [0, 0.05) is 11.3 Å². The second kappa shape index (κ2) is 5.70. The zero-order chi connectivity index (χ0) is 14.8. The number of halogens is 3. The molecule has 0 fully saturated rings. The third-order valence-electron chi connectivity index (χ3n) is 2.53. The van der Waals surface area contributed by atoms with E-state index in [1.807, 2.05) is 0 Å². The number of nitrogens with zero attached hydrogens (tertiary/aromatic N) is 2. The Morgan fingerprint density at radius 2 is 1.80 bits per heavy atom. The van der Waals surface area contributed by atoms with Gasteiger partial charge in [-0.1, -0.05) is 37.3 Å². The molecule has 0 bridgehead atoms. The van der Waals surface area contributed by atoms with Crippen molar-refractivity contribution in [2.45, 2.75) is 18.3 Å². The van der Waals surface area contributed by atoms with Crippen molar-refractivity contribution >= 4 is 10.8 Å². The highest BCUT2D eigenvalue weighted by atomic mass is 32.2. The topological polar surface area (TPSA) is 42.9 Å². The van der Waals surface area contributed by atoms with Crippen LogP contribution in [0.3, 0.4) is 0 Å². The molecular formula is C13H11F3N2OS. The van der Waals surface area contributed by atoms with Crippen LogP contribution in [0.1, 0.15) is 12.6 Å². The summed E-state index contributed by atoms with van der Waals surface area (Å²) in [4.78, 5) is 7.34. The van der Waals surface area contributed by atoms with E-state index >= 15 is 0 Å². The number of aromatic nitrogens is 2. The van der Waals surface area contributed by atoms with Crippen LogP contribution >= 0.6 is 0 Å². The molecule has 0 spiro atoms. The van der Waals surface area contributed by atoms with Gasteiger partial charge in [0.1, 0.15) is 5.69 Å². The molecule has 0 saturated carbocycles. The van der Waals surface area contributed by atoms with Gasteiger partial charge < -0.3 is 0 Å². The van der Waals surface area contributed by atoms with Gasteiger partial charge >= 0.3 is 6.18 Å². The highest BCUT2D eigenvalue weighted by Gasteiger charge is 2.34. The van der Waals surface area contributed by atoms with E-state index in [2.05, 4.69) is 9.97 Å². The lowest BCUT2D eigenvalue weighted by Crippen LogP contribution is -2.13. The highest BCUT2D eigenvalue weighted by Crippen LogP contribution is 2.30. The second-order valence-corrected chi connectivity index (χ2v) is 5.55. The van der Waals surface area contributed by atoms with Gasteiger partial charge in [0.15, 0.2) is 0 Å². The van der Waals surface area contributed by atoms with Gasteiger partial charge in [-0.25, -0.2) is 9.97 Å². The number of alkyl halides is 3. The molecule has 1 atom stereocenters. The minimum Gasteiger partial charge on any atom is -0.251 e. The van der Waals surface area contributed by atoms with E-state index in [9.17, 15) is 17.4 Å². The Morgan fingerprint density at radius 1 is 1.15 bits per heavy atom.